The molecular formula is C37H38O2PSi+. The van der Waals surface area contributed by atoms with E-state index < -0.39 is 16.5 Å². The third-order valence-electron chi connectivity index (χ3n) is 7.17. The van der Waals surface area contributed by atoms with E-state index in [2.05, 4.69) is 119 Å². The normalized spacial score (nSPS) is 13.8. The van der Waals surface area contributed by atoms with Gasteiger partial charge >= 0.3 is 9.28 Å². The maximum absolute atomic E-state index is 6.02. The molecule has 0 saturated heterocycles. The van der Waals surface area contributed by atoms with E-state index in [1.807, 2.05) is 54.6 Å². The first-order valence-electron chi connectivity index (χ1n) is 13.8. The minimum Gasteiger partial charge on any atom is -0.508 e. The summed E-state index contributed by atoms with van der Waals surface area (Å²) in [7, 11) is -3.77. The number of benzene rings is 4. The fourth-order valence-electron chi connectivity index (χ4n) is 5.27. The van der Waals surface area contributed by atoms with Crippen molar-refractivity contribution in [3.8, 4) is 11.5 Å². The van der Waals surface area contributed by atoms with Crippen molar-refractivity contribution in [2.24, 2.45) is 0 Å². The zero-order chi connectivity index (χ0) is 29.2. The van der Waals surface area contributed by atoms with Crippen molar-refractivity contribution in [3.05, 3.63) is 169 Å². The highest BCUT2D eigenvalue weighted by Gasteiger charge is 2.49. The summed E-state index contributed by atoms with van der Waals surface area (Å²) >= 11 is 0. The fourth-order valence-corrected chi connectivity index (χ4v) is 11.4. The van der Waals surface area contributed by atoms with Gasteiger partial charge in [-0.3, -0.25) is 0 Å². The van der Waals surface area contributed by atoms with Gasteiger partial charge in [0, 0.05) is 5.19 Å². The second-order valence-electron chi connectivity index (χ2n) is 9.38. The Labute approximate surface area is 247 Å². The molecule has 0 atom stereocenters. The second kappa shape index (κ2) is 13.9. The molecule has 0 radical (unpaired) electrons. The van der Waals surface area contributed by atoms with Gasteiger partial charge in [-0.2, -0.15) is 0 Å². The van der Waals surface area contributed by atoms with E-state index >= 15 is 0 Å². The van der Waals surface area contributed by atoms with Crippen LogP contribution < -0.4 is 19.3 Å². The van der Waals surface area contributed by atoms with Gasteiger partial charge in [0.25, 0.3) is 0 Å². The molecule has 5 rings (SSSR count). The summed E-state index contributed by atoms with van der Waals surface area (Å²) in [5, 5.41) is 8.55. The highest BCUT2D eigenvalue weighted by atomic mass is 31.2. The lowest BCUT2D eigenvalue weighted by Gasteiger charge is -2.29. The molecule has 2 nitrogen and oxygen atoms in total. The lowest BCUT2D eigenvalue weighted by atomic mass is 10.1. The molecule has 0 unspecified atom stereocenters. The predicted octanol–water partition coefficient (Wildman–Crippen LogP) is 9.34. The van der Waals surface area contributed by atoms with Crippen LogP contribution in [0.2, 0.25) is 0 Å². The summed E-state index contributed by atoms with van der Waals surface area (Å²) in [4.78, 5) is 0. The van der Waals surface area contributed by atoms with E-state index in [-0.39, 0.29) is 0 Å². The Morgan fingerprint density at radius 1 is 0.585 bits per heavy atom. The van der Waals surface area contributed by atoms with Crippen LogP contribution in [0.15, 0.2) is 169 Å². The largest absolute Gasteiger partial charge is 0.508 e. The first-order chi connectivity index (χ1) is 20.1. The van der Waals surface area contributed by atoms with Gasteiger partial charge < -0.3 is 8.85 Å². The highest BCUT2D eigenvalue weighted by Crippen LogP contribution is 2.77. The van der Waals surface area contributed by atoms with Crippen molar-refractivity contribution in [2.75, 3.05) is 0 Å². The number of allylic oxidation sites excluding steroid dienone is 9. The van der Waals surface area contributed by atoms with Gasteiger partial charge in [0.2, 0.25) is 0 Å². The number of hydrogen-bond acceptors (Lipinski definition) is 2. The molecule has 0 spiro atoms. The Bertz CT molecular complexity index is 1510. The maximum Gasteiger partial charge on any atom is 0.479 e. The lowest BCUT2D eigenvalue weighted by molar-refractivity contribution is 0.519. The molecule has 4 aromatic rings. The molecule has 0 fully saturated rings. The van der Waals surface area contributed by atoms with E-state index in [4.69, 9.17) is 8.85 Å². The van der Waals surface area contributed by atoms with Crippen LogP contribution in [0, 0.1) is 0 Å². The second-order valence-corrected chi connectivity index (χ2v) is 14.6. The van der Waals surface area contributed by atoms with Gasteiger partial charge in [-0.05, 0) is 92.3 Å². The Morgan fingerprint density at radius 2 is 0.976 bits per heavy atom. The molecule has 0 aliphatic carbocycles. The van der Waals surface area contributed by atoms with E-state index in [0.29, 0.717) is 0 Å². The van der Waals surface area contributed by atoms with E-state index in [1.165, 1.54) is 37.2 Å². The van der Waals surface area contributed by atoms with Crippen LogP contribution >= 0.6 is 7.26 Å². The molecule has 4 aromatic carbocycles. The van der Waals surface area contributed by atoms with Crippen LogP contribution in [0.1, 0.15) is 20.8 Å². The van der Waals surface area contributed by atoms with Crippen LogP contribution in [0.3, 0.4) is 0 Å². The molecular weight excluding hydrogens is 535 g/mol. The van der Waals surface area contributed by atoms with Crippen LogP contribution in [0.25, 0.3) is 10.8 Å². The molecule has 1 aliphatic heterocycles. The minimum atomic E-state index is -1.95. The minimum absolute atomic E-state index is 0.874. The molecule has 0 saturated carbocycles. The Hall–Kier alpha value is -4.17. The molecule has 1 heterocycles. The summed E-state index contributed by atoms with van der Waals surface area (Å²) in [6.07, 6.45) is 12.4. The van der Waals surface area contributed by atoms with E-state index in [9.17, 15) is 0 Å². The number of fused-ring (bicyclic) bond motifs is 2. The Morgan fingerprint density at radius 3 is 1.37 bits per heavy atom. The fraction of sp³-hybridized carbons (Fsp3) is 0.0811. The molecule has 0 bridgehead atoms. The smallest absolute Gasteiger partial charge is 0.479 e. The van der Waals surface area contributed by atoms with E-state index in [0.717, 1.165) is 11.5 Å². The van der Waals surface area contributed by atoms with Gasteiger partial charge in [0.15, 0.2) is 0 Å². The SMILES string of the molecule is C=C/C(=C\C)[P+](/C(C=C)=C/C)(/C(C=C)=C/C)c1ccccc1.c1ccc([SiH]2Oc3cc4ccccc4cc3O2)cc1. The summed E-state index contributed by atoms with van der Waals surface area (Å²) in [6.45, 7) is 18.4. The van der Waals surface area contributed by atoms with E-state index in [1.54, 1.807) is 0 Å². The standard InChI is InChI=1S/C21H26P.C16H12O2Si/c1-7-18(8-2)22(19(9-3)10-4,20(11-5)12-6)21-16-14-13-15-17-21;1-2-8-14(9-3-1)19-17-15-10-12-6-4-5-7-13(12)11-16(15)18-19/h7-17H,1,3,5H2,2,4,6H3;1-11,19H/q+1;/b18-8+,19-10+,20-12+;. The molecule has 0 amide bonds. The highest BCUT2D eigenvalue weighted by molar-refractivity contribution is 7.94. The Kier molecular flexibility index (Phi) is 10.1. The van der Waals surface area contributed by atoms with Gasteiger partial charge in [-0.15, -0.1) is 0 Å². The van der Waals surface area contributed by atoms with Crippen LogP contribution in [0.5, 0.6) is 11.5 Å². The first-order valence-corrected chi connectivity index (χ1v) is 17.1. The predicted molar refractivity (Wildman–Crippen MR) is 183 cm³/mol. The van der Waals surface area contributed by atoms with Crippen molar-refractivity contribution >= 4 is 37.8 Å². The average Bonchev–Trinajstić information content (AvgIpc) is 3.45. The molecule has 0 aromatic heterocycles. The third-order valence-corrected chi connectivity index (χ3v) is 13.8. The van der Waals surface area contributed by atoms with Gasteiger partial charge in [0.1, 0.15) is 40.0 Å². The molecule has 4 heteroatoms. The van der Waals surface area contributed by atoms with Crippen LogP contribution in [0.4, 0.5) is 0 Å². The average molecular weight is 574 g/mol. The lowest BCUT2D eigenvalue weighted by Crippen LogP contribution is -2.38. The summed E-state index contributed by atoms with van der Waals surface area (Å²) in [5.41, 5.74) is 0. The van der Waals surface area contributed by atoms with Gasteiger partial charge in [0.05, 0.1) is 0 Å². The van der Waals surface area contributed by atoms with Crippen LogP contribution in [-0.4, -0.2) is 9.28 Å². The summed E-state index contributed by atoms with van der Waals surface area (Å²) in [6, 6.07) is 33.2. The first kappa shape index (κ1) is 29.8. The summed E-state index contributed by atoms with van der Waals surface area (Å²) < 4.78 is 12.0. The topological polar surface area (TPSA) is 18.5 Å². The zero-order valence-corrected chi connectivity index (χ0v) is 26.2. The monoisotopic (exact) mass is 573 g/mol. The van der Waals surface area contributed by atoms with Crippen molar-refractivity contribution in [3.63, 3.8) is 0 Å². The number of hydrogen-bond donors (Lipinski definition) is 0. The van der Waals surface area contributed by atoms with Crippen molar-refractivity contribution < 1.29 is 8.85 Å². The van der Waals surface area contributed by atoms with Crippen molar-refractivity contribution in [2.45, 2.75) is 20.8 Å². The van der Waals surface area contributed by atoms with Crippen molar-refractivity contribution in [1.29, 1.82) is 0 Å². The zero-order valence-electron chi connectivity index (χ0n) is 24.2. The van der Waals surface area contributed by atoms with Gasteiger partial charge in [-0.1, -0.05) is 92.5 Å². The molecule has 41 heavy (non-hydrogen) atoms. The van der Waals surface area contributed by atoms with Gasteiger partial charge in [-0.25, -0.2) is 0 Å². The quantitative estimate of drug-likeness (QED) is 0.119. The molecule has 206 valence electrons. The third kappa shape index (κ3) is 5.98. The summed E-state index contributed by atoms with van der Waals surface area (Å²) in [5.74, 6) is 1.75. The van der Waals surface area contributed by atoms with Crippen LogP contribution in [-0.2, 0) is 0 Å². The Balaban J connectivity index is 0.000000190. The molecule has 0 N–H and O–H groups in total. The molecule has 1 aliphatic rings. The van der Waals surface area contributed by atoms with Crippen molar-refractivity contribution in [1.82, 2.24) is 0 Å². The maximum atomic E-state index is 6.02. The number of rotatable bonds is 8.